The van der Waals surface area contributed by atoms with E-state index in [9.17, 15) is 0 Å². The average molecular weight is 528 g/mol. The molecule has 142 valence electrons. The number of likely N-dealkylation sites (tertiary alicyclic amines) is 1. The maximum Gasteiger partial charge on any atom is 0.193 e. The van der Waals surface area contributed by atoms with Gasteiger partial charge in [0.25, 0.3) is 0 Å². The van der Waals surface area contributed by atoms with Crippen molar-refractivity contribution in [3.63, 3.8) is 0 Å². The van der Waals surface area contributed by atoms with E-state index in [1.54, 1.807) is 21.3 Å². The third-order valence-electron chi connectivity index (χ3n) is 4.14. The van der Waals surface area contributed by atoms with Crippen LogP contribution in [-0.4, -0.2) is 58.9 Å². The van der Waals surface area contributed by atoms with Crippen LogP contribution >= 0.6 is 39.9 Å². The van der Waals surface area contributed by atoms with Crippen LogP contribution in [0.2, 0.25) is 0 Å². The minimum Gasteiger partial charge on any atom is -0.493 e. The maximum absolute atomic E-state index is 5.39. The second kappa shape index (κ2) is 11.1. The second-order valence-electron chi connectivity index (χ2n) is 5.77. The zero-order valence-electron chi connectivity index (χ0n) is 15.2. The van der Waals surface area contributed by atoms with Gasteiger partial charge in [0.05, 0.1) is 25.3 Å². The van der Waals surface area contributed by atoms with Gasteiger partial charge in [-0.15, -0.1) is 24.0 Å². The van der Waals surface area contributed by atoms with Gasteiger partial charge in [-0.05, 0) is 40.0 Å². The molecule has 0 aliphatic carbocycles. The largest absolute Gasteiger partial charge is 0.493 e. The van der Waals surface area contributed by atoms with E-state index in [1.807, 2.05) is 19.2 Å². The molecule has 0 bridgehead atoms. The summed E-state index contributed by atoms with van der Waals surface area (Å²) in [5.41, 5.74) is 1.09. The molecule has 1 atom stereocenters. The lowest BCUT2D eigenvalue weighted by molar-refractivity contribution is 0.157. The molecule has 0 saturated carbocycles. The lowest BCUT2D eigenvalue weighted by Gasteiger charge is -2.22. The van der Waals surface area contributed by atoms with Crippen molar-refractivity contribution in [1.29, 1.82) is 0 Å². The lowest BCUT2D eigenvalue weighted by Crippen LogP contribution is -2.39. The van der Waals surface area contributed by atoms with Crippen LogP contribution in [0, 0.1) is 5.92 Å². The molecule has 1 saturated heterocycles. The Bertz CT molecular complexity index is 587. The highest BCUT2D eigenvalue weighted by molar-refractivity contribution is 14.0. The monoisotopic (exact) mass is 527 g/mol. The first-order chi connectivity index (χ1) is 11.6. The van der Waals surface area contributed by atoms with Crippen molar-refractivity contribution in [1.82, 2.24) is 10.2 Å². The van der Waals surface area contributed by atoms with E-state index in [-0.39, 0.29) is 24.0 Å². The highest BCUT2D eigenvalue weighted by atomic mass is 127. The topological polar surface area (TPSA) is 55.3 Å². The van der Waals surface area contributed by atoms with Gasteiger partial charge in [0.2, 0.25) is 0 Å². The van der Waals surface area contributed by atoms with Crippen LogP contribution < -0.4 is 14.8 Å². The van der Waals surface area contributed by atoms with Gasteiger partial charge in [0.15, 0.2) is 17.5 Å². The molecule has 0 amide bonds. The summed E-state index contributed by atoms with van der Waals surface area (Å²) in [6.07, 6.45) is 1.14. The number of nitrogens with one attached hydrogen (secondary N) is 1. The SMILES string of the molecule is CN=C(NCc1cc(Br)c(OC)c(OC)c1)N1CCC(COC)C1.I. The van der Waals surface area contributed by atoms with E-state index < -0.39 is 0 Å². The Morgan fingerprint density at radius 3 is 2.68 bits per heavy atom. The Labute approximate surface area is 175 Å². The number of hydrogen-bond acceptors (Lipinski definition) is 4. The molecule has 1 N–H and O–H groups in total. The molecule has 1 fully saturated rings. The summed E-state index contributed by atoms with van der Waals surface area (Å²) < 4.78 is 16.9. The minimum absolute atomic E-state index is 0. The first-order valence-corrected chi connectivity index (χ1v) is 8.77. The molecule has 1 aliphatic heterocycles. The summed E-state index contributed by atoms with van der Waals surface area (Å²) >= 11 is 3.53. The number of nitrogens with zero attached hydrogens (tertiary/aromatic N) is 2. The molecule has 1 heterocycles. The van der Waals surface area contributed by atoms with Gasteiger partial charge >= 0.3 is 0 Å². The molecule has 6 nitrogen and oxygen atoms in total. The number of guanidine groups is 1. The van der Waals surface area contributed by atoms with Crippen LogP contribution in [0.1, 0.15) is 12.0 Å². The summed E-state index contributed by atoms with van der Waals surface area (Å²) in [6, 6.07) is 4.00. The molecule has 1 aliphatic rings. The third-order valence-corrected chi connectivity index (χ3v) is 4.73. The fraction of sp³-hybridized carbons (Fsp3) is 0.588. The molecule has 8 heteroatoms. The van der Waals surface area contributed by atoms with Crippen molar-refractivity contribution < 1.29 is 14.2 Å². The van der Waals surface area contributed by atoms with Crippen molar-refractivity contribution in [2.75, 3.05) is 48.1 Å². The number of rotatable bonds is 6. The predicted molar refractivity (Wildman–Crippen MR) is 114 cm³/mol. The minimum atomic E-state index is 0. The molecule has 2 rings (SSSR count). The first-order valence-electron chi connectivity index (χ1n) is 7.97. The van der Waals surface area contributed by atoms with E-state index in [1.165, 1.54) is 0 Å². The Balaban J connectivity index is 0.00000312. The Kier molecular flexibility index (Phi) is 9.88. The Hall–Kier alpha value is -0.740. The lowest BCUT2D eigenvalue weighted by atomic mass is 10.1. The molecular formula is C17H27BrIN3O3. The van der Waals surface area contributed by atoms with Gasteiger partial charge in [0.1, 0.15) is 0 Å². The van der Waals surface area contributed by atoms with E-state index in [0.717, 1.165) is 42.1 Å². The highest BCUT2D eigenvalue weighted by Gasteiger charge is 2.24. The smallest absolute Gasteiger partial charge is 0.193 e. The fourth-order valence-corrected chi connectivity index (χ4v) is 3.63. The van der Waals surface area contributed by atoms with Crippen molar-refractivity contribution in [2.24, 2.45) is 10.9 Å². The fourth-order valence-electron chi connectivity index (χ4n) is 2.98. The predicted octanol–water partition coefficient (Wildman–Crippen LogP) is 3.13. The van der Waals surface area contributed by atoms with Crippen molar-refractivity contribution >= 4 is 45.9 Å². The van der Waals surface area contributed by atoms with E-state index >= 15 is 0 Å². The number of methoxy groups -OCH3 is 3. The van der Waals surface area contributed by atoms with Crippen LogP contribution in [-0.2, 0) is 11.3 Å². The van der Waals surface area contributed by atoms with Crippen LogP contribution in [0.5, 0.6) is 11.5 Å². The van der Waals surface area contributed by atoms with Gasteiger partial charge in [0, 0.05) is 39.7 Å². The first kappa shape index (κ1) is 22.3. The van der Waals surface area contributed by atoms with Gasteiger partial charge in [-0.3, -0.25) is 4.99 Å². The molecule has 0 radical (unpaired) electrons. The zero-order valence-corrected chi connectivity index (χ0v) is 19.1. The van der Waals surface area contributed by atoms with E-state index in [2.05, 4.69) is 31.1 Å². The Morgan fingerprint density at radius 1 is 1.32 bits per heavy atom. The van der Waals surface area contributed by atoms with Gasteiger partial charge < -0.3 is 24.4 Å². The summed E-state index contributed by atoms with van der Waals surface area (Å²) in [6.45, 7) is 3.44. The van der Waals surface area contributed by atoms with Crippen molar-refractivity contribution in [3.8, 4) is 11.5 Å². The number of ether oxygens (including phenoxy) is 3. The third kappa shape index (κ3) is 5.89. The van der Waals surface area contributed by atoms with Crippen LogP contribution in [0.4, 0.5) is 0 Å². The summed E-state index contributed by atoms with van der Waals surface area (Å²) in [4.78, 5) is 6.68. The molecule has 0 aromatic heterocycles. The molecule has 25 heavy (non-hydrogen) atoms. The average Bonchev–Trinajstić information content (AvgIpc) is 3.03. The Morgan fingerprint density at radius 2 is 2.08 bits per heavy atom. The molecule has 1 unspecified atom stereocenters. The molecule has 0 spiro atoms. The number of benzene rings is 1. The van der Waals surface area contributed by atoms with Crippen LogP contribution in [0.3, 0.4) is 0 Å². The normalized spacial score (nSPS) is 17.2. The van der Waals surface area contributed by atoms with Crippen molar-refractivity contribution in [2.45, 2.75) is 13.0 Å². The van der Waals surface area contributed by atoms with E-state index in [4.69, 9.17) is 14.2 Å². The zero-order chi connectivity index (χ0) is 17.5. The maximum atomic E-state index is 5.39. The van der Waals surface area contributed by atoms with Gasteiger partial charge in [-0.2, -0.15) is 0 Å². The summed E-state index contributed by atoms with van der Waals surface area (Å²) in [5.74, 6) is 2.90. The van der Waals surface area contributed by atoms with Crippen molar-refractivity contribution in [3.05, 3.63) is 22.2 Å². The summed E-state index contributed by atoms with van der Waals surface area (Å²) in [5, 5.41) is 3.42. The highest BCUT2D eigenvalue weighted by Crippen LogP contribution is 2.36. The number of halogens is 2. The molecule has 1 aromatic rings. The molecular weight excluding hydrogens is 501 g/mol. The second-order valence-corrected chi connectivity index (χ2v) is 6.62. The van der Waals surface area contributed by atoms with Crippen LogP contribution in [0.15, 0.2) is 21.6 Å². The van der Waals surface area contributed by atoms with Crippen LogP contribution in [0.25, 0.3) is 0 Å². The quantitative estimate of drug-likeness (QED) is 0.350. The van der Waals surface area contributed by atoms with E-state index in [0.29, 0.717) is 24.0 Å². The number of hydrogen-bond donors (Lipinski definition) is 1. The molecule has 1 aromatic carbocycles. The standard InChI is InChI=1S/C17H26BrN3O3.HI/c1-19-17(21-6-5-12(10-21)11-22-2)20-9-13-7-14(18)16(24-4)15(8-13)23-3;/h7-8,12H,5-6,9-11H2,1-4H3,(H,19,20);1H. The van der Waals surface area contributed by atoms with Gasteiger partial charge in [-0.1, -0.05) is 0 Å². The van der Waals surface area contributed by atoms with Gasteiger partial charge in [-0.25, -0.2) is 0 Å². The number of aliphatic imine (C=N–C) groups is 1. The summed E-state index contributed by atoms with van der Waals surface area (Å²) in [7, 11) is 6.84.